The average Bonchev–Trinajstić information content (AvgIpc) is 3.17. The maximum atomic E-state index is 2.80. The third-order valence-corrected chi connectivity index (χ3v) is 7.15. The Hall–Kier alpha value is -0.120. The van der Waals surface area contributed by atoms with Gasteiger partial charge < -0.3 is 9.80 Å². The molecule has 5 unspecified atom stereocenters. The van der Waals surface area contributed by atoms with Gasteiger partial charge in [0.05, 0.1) is 0 Å². The van der Waals surface area contributed by atoms with Crippen molar-refractivity contribution < 1.29 is 0 Å². The summed E-state index contributed by atoms with van der Waals surface area (Å²) in [6.07, 6.45) is 4.24. The van der Waals surface area contributed by atoms with E-state index in [2.05, 4.69) is 49.4 Å². The van der Waals surface area contributed by atoms with Gasteiger partial charge in [0.15, 0.2) is 0 Å². The first-order valence-electron chi connectivity index (χ1n) is 10.1. The minimum atomic E-state index is 0.730. The van der Waals surface area contributed by atoms with Gasteiger partial charge >= 0.3 is 0 Å². The van der Waals surface area contributed by atoms with Gasteiger partial charge in [-0.2, -0.15) is 0 Å². The second-order valence-electron chi connectivity index (χ2n) is 9.24. The van der Waals surface area contributed by atoms with Crippen LogP contribution in [-0.2, 0) is 0 Å². The monoisotopic (exact) mass is 321 g/mol. The third-order valence-electron chi connectivity index (χ3n) is 7.15. The van der Waals surface area contributed by atoms with Gasteiger partial charge in [-0.3, -0.25) is 4.90 Å². The first-order chi connectivity index (χ1) is 10.9. The molecule has 0 bridgehead atoms. The molecule has 134 valence electrons. The lowest BCUT2D eigenvalue weighted by Crippen LogP contribution is -2.34. The molecular formula is C20H39N3. The van der Waals surface area contributed by atoms with Crippen LogP contribution in [0.1, 0.15) is 47.0 Å². The molecule has 3 heteroatoms. The molecular weight excluding hydrogens is 282 g/mol. The van der Waals surface area contributed by atoms with E-state index in [9.17, 15) is 0 Å². The summed E-state index contributed by atoms with van der Waals surface area (Å²) in [4.78, 5) is 7.99. The minimum absolute atomic E-state index is 0.730. The molecule has 3 aliphatic heterocycles. The van der Waals surface area contributed by atoms with Gasteiger partial charge in [0.2, 0.25) is 0 Å². The maximum Gasteiger partial charge on any atom is 0.00672 e. The van der Waals surface area contributed by atoms with E-state index < -0.39 is 0 Å². The number of hydrogen-bond donors (Lipinski definition) is 0. The molecule has 3 heterocycles. The van der Waals surface area contributed by atoms with Gasteiger partial charge in [-0.15, -0.1) is 0 Å². The van der Waals surface area contributed by atoms with Crippen molar-refractivity contribution in [3.63, 3.8) is 0 Å². The predicted molar refractivity (Wildman–Crippen MR) is 98.7 cm³/mol. The van der Waals surface area contributed by atoms with Gasteiger partial charge in [0, 0.05) is 44.8 Å². The quantitative estimate of drug-likeness (QED) is 0.744. The van der Waals surface area contributed by atoms with Crippen molar-refractivity contribution in [3.8, 4) is 0 Å². The highest BCUT2D eigenvalue weighted by molar-refractivity contribution is 4.93. The topological polar surface area (TPSA) is 9.72 Å². The summed E-state index contributed by atoms with van der Waals surface area (Å²) in [7, 11) is 2.29. The largest absolute Gasteiger partial charge is 0.306 e. The highest BCUT2D eigenvalue weighted by Gasteiger charge is 2.40. The molecule has 0 aliphatic carbocycles. The fourth-order valence-electron chi connectivity index (χ4n) is 5.30. The molecule has 0 amide bonds. The van der Waals surface area contributed by atoms with E-state index in [4.69, 9.17) is 0 Å². The summed E-state index contributed by atoms with van der Waals surface area (Å²) in [5.74, 6) is 3.74. The van der Waals surface area contributed by atoms with Crippen LogP contribution in [0.15, 0.2) is 0 Å². The molecule has 0 N–H and O–H groups in total. The van der Waals surface area contributed by atoms with Gasteiger partial charge in [-0.1, -0.05) is 6.92 Å². The first kappa shape index (κ1) is 17.7. The van der Waals surface area contributed by atoms with Gasteiger partial charge in [-0.25, -0.2) is 0 Å². The molecule has 3 nitrogen and oxygen atoms in total. The normalized spacial score (nSPS) is 36.0. The van der Waals surface area contributed by atoms with Crippen LogP contribution in [0, 0.1) is 23.7 Å². The SMILES string of the molecule is CC(CCC(C)N1CC2CN(C)CC2C1)C1CCN(C(C)C)C1. The maximum absolute atomic E-state index is 2.80. The van der Waals surface area contributed by atoms with Crippen LogP contribution >= 0.6 is 0 Å². The fourth-order valence-corrected chi connectivity index (χ4v) is 5.30. The lowest BCUT2D eigenvalue weighted by atomic mass is 9.88. The van der Waals surface area contributed by atoms with Crippen LogP contribution in [0.2, 0.25) is 0 Å². The van der Waals surface area contributed by atoms with E-state index in [1.165, 1.54) is 58.5 Å². The Labute approximate surface area is 144 Å². The van der Waals surface area contributed by atoms with Crippen molar-refractivity contribution in [3.05, 3.63) is 0 Å². The summed E-state index contributed by atoms with van der Waals surface area (Å²) < 4.78 is 0. The zero-order valence-electron chi connectivity index (χ0n) is 16.2. The van der Waals surface area contributed by atoms with Crippen molar-refractivity contribution in [1.82, 2.24) is 14.7 Å². The van der Waals surface area contributed by atoms with Crippen molar-refractivity contribution in [2.24, 2.45) is 23.7 Å². The highest BCUT2D eigenvalue weighted by Crippen LogP contribution is 2.33. The Balaban J connectivity index is 1.39. The molecule has 0 spiro atoms. The van der Waals surface area contributed by atoms with Crippen molar-refractivity contribution >= 4 is 0 Å². The average molecular weight is 322 g/mol. The van der Waals surface area contributed by atoms with E-state index in [-0.39, 0.29) is 0 Å². The van der Waals surface area contributed by atoms with Crippen LogP contribution in [-0.4, -0.2) is 73.1 Å². The molecule has 5 atom stereocenters. The Morgan fingerprint density at radius 1 is 0.826 bits per heavy atom. The second kappa shape index (κ2) is 7.41. The van der Waals surface area contributed by atoms with E-state index in [1.54, 1.807) is 0 Å². The molecule has 3 saturated heterocycles. The molecule has 3 fully saturated rings. The summed E-state index contributed by atoms with van der Waals surface area (Å²) in [6, 6.07) is 1.52. The minimum Gasteiger partial charge on any atom is -0.306 e. The highest BCUT2D eigenvalue weighted by atomic mass is 15.2. The Bertz CT molecular complexity index is 369. The number of likely N-dealkylation sites (tertiary alicyclic amines) is 3. The lowest BCUT2D eigenvalue weighted by molar-refractivity contribution is 0.195. The molecule has 0 radical (unpaired) electrons. The third kappa shape index (κ3) is 4.11. The van der Waals surface area contributed by atoms with Crippen LogP contribution in [0.5, 0.6) is 0 Å². The molecule has 3 aliphatic rings. The standard InChI is InChI=1S/C20H39N3/c1-15(2)22-9-8-18(12-22)16(3)6-7-17(4)23-13-19-10-21(5)11-20(19)14-23/h15-20H,6-14H2,1-5H3. The molecule has 0 aromatic rings. The van der Waals surface area contributed by atoms with Crippen LogP contribution < -0.4 is 0 Å². The number of rotatable bonds is 6. The van der Waals surface area contributed by atoms with E-state index in [0.29, 0.717) is 0 Å². The second-order valence-corrected chi connectivity index (χ2v) is 9.24. The summed E-state index contributed by atoms with van der Waals surface area (Å²) in [5.41, 5.74) is 0. The van der Waals surface area contributed by atoms with Crippen LogP contribution in [0.25, 0.3) is 0 Å². The van der Waals surface area contributed by atoms with Crippen molar-refractivity contribution in [2.45, 2.75) is 59.0 Å². The molecule has 0 aromatic heterocycles. The molecule has 23 heavy (non-hydrogen) atoms. The van der Waals surface area contributed by atoms with Gasteiger partial charge in [-0.05, 0) is 77.3 Å². The van der Waals surface area contributed by atoms with E-state index >= 15 is 0 Å². The summed E-state index contributed by atoms with van der Waals surface area (Å²) in [5, 5.41) is 0. The molecule has 3 rings (SSSR count). The summed E-state index contributed by atoms with van der Waals surface area (Å²) in [6.45, 7) is 17.7. The smallest absolute Gasteiger partial charge is 0.00672 e. The van der Waals surface area contributed by atoms with Gasteiger partial charge in [0.1, 0.15) is 0 Å². The Morgan fingerprint density at radius 2 is 1.48 bits per heavy atom. The first-order valence-corrected chi connectivity index (χ1v) is 10.1. The number of fused-ring (bicyclic) bond motifs is 1. The van der Waals surface area contributed by atoms with Gasteiger partial charge in [0.25, 0.3) is 0 Å². The predicted octanol–water partition coefficient (Wildman–Crippen LogP) is 3.01. The Kier molecular flexibility index (Phi) is 5.70. The van der Waals surface area contributed by atoms with Crippen molar-refractivity contribution in [1.29, 1.82) is 0 Å². The summed E-state index contributed by atoms with van der Waals surface area (Å²) >= 11 is 0. The zero-order valence-corrected chi connectivity index (χ0v) is 16.2. The molecule has 0 saturated carbocycles. The Morgan fingerprint density at radius 3 is 2.04 bits per heavy atom. The number of nitrogens with zero attached hydrogens (tertiary/aromatic N) is 3. The van der Waals surface area contributed by atoms with E-state index in [0.717, 1.165) is 35.8 Å². The number of hydrogen-bond acceptors (Lipinski definition) is 3. The molecule has 0 aromatic carbocycles. The zero-order chi connectivity index (χ0) is 16.6. The van der Waals surface area contributed by atoms with Crippen molar-refractivity contribution in [2.75, 3.05) is 46.3 Å². The fraction of sp³-hybridized carbons (Fsp3) is 1.00. The van der Waals surface area contributed by atoms with Crippen LogP contribution in [0.3, 0.4) is 0 Å². The van der Waals surface area contributed by atoms with E-state index in [1.807, 2.05) is 0 Å². The lowest BCUT2D eigenvalue weighted by Gasteiger charge is -2.28. The van der Waals surface area contributed by atoms with Crippen LogP contribution in [0.4, 0.5) is 0 Å².